The van der Waals surface area contributed by atoms with Gasteiger partial charge in [-0.25, -0.2) is 4.79 Å². The van der Waals surface area contributed by atoms with Crippen LogP contribution >= 0.6 is 11.3 Å². The van der Waals surface area contributed by atoms with E-state index < -0.39 is 12.0 Å². The number of para-hydroxylation sites is 1. The van der Waals surface area contributed by atoms with Gasteiger partial charge in [-0.3, -0.25) is 4.79 Å². The zero-order valence-electron chi connectivity index (χ0n) is 15.8. The number of carbonyl (C=O) groups excluding carboxylic acids is 2. The first kappa shape index (κ1) is 18.9. The van der Waals surface area contributed by atoms with Gasteiger partial charge >= 0.3 is 5.97 Å². The van der Waals surface area contributed by atoms with Gasteiger partial charge in [0.25, 0.3) is 0 Å². The molecule has 1 atom stereocenters. The lowest BCUT2D eigenvalue weighted by Crippen LogP contribution is -2.25. The number of hydrogen-bond acceptors (Lipinski definition) is 5. The van der Waals surface area contributed by atoms with E-state index in [0.29, 0.717) is 11.3 Å². The van der Waals surface area contributed by atoms with Gasteiger partial charge in [0, 0.05) is 21.5 Å². The molecule has 0 aliphatic heterocycles. The Bertz CT molecular complexity index is 1170. The maximum atomic E-state index is 13.2. The van der Waals surface area contributed by atoms with E-state index in [-0.39, 0.29) is 5.78 Å². The number of benzene rings is 3. The molecule has 0 amide bonds. The molecule has 1 aromatic heterocycles. The predicted molar refractivity (Wildman–Crippen MR) is 117 cm³/mol. The van der Waals surface area contributed by atoms with Gasteiger partial charge in [0.1, 0.15) is 5.75 Å². The van der Waals surface area contributed by atoms with E-state index in [1.54, 1.807) is 35.6 Å². The van der Waals surface area contributed by atoms with Gasteiger partial charge in [0.15, 0.2) is 11.8 Å². The Balaban J connectivity index is 1.69. The first-order chi connectivity index (χ1) is 14.1. The van der Waals surface area contributed by atoms with Crippen molar-refractivity contribution in [2.45, 2.75) is 13.0 Å². The molecule has 0 bridgehead atoms. The zero-order valence-corrected chi connectivity index (χ0v) is 16.6. The van der Waals surface area contributed by atoms with Gasteiger partial charge in [-0.2, -0.15) is 0 Å². The smallest absolute Gasteiger partial charge is 0.338 e. The van der Waals surface area contributed by atoms with Gasteiger partial charge in [-0.15, -0.1) is 11.3 Å². The summed E-state index contributed by atoms with van der Waals surface area (Å²) in [4.78, 5) is 24.8. The fourth-order valence-electron chi connectivity index (χ4n) is 3.14. The fourth-order valence-corrected chi connectivity index (χ4v) is 4.13. The average Bonchev–Trinajstić information content (AvgIpc) is 3.17. The van der Waals surface area contributed by atoms with Crippen LogP contribution in [0, 0.1) is 0 Å². The minimum Gasteiger partial charge on any atom is -0.425 e. The highest BCUT2D eigenvalue weighted by molar-refractivity contribution is 7.17. The van der Waals surface area contributed by atoms with Crippen molar-refractivity contribution in [2.75, 3.05) is 5.32 Å². The normalized spacial score (nSPS) is 11.8. The Morgan fingerprint density at radius 3 is 2.48 bits per heavy atom. The number of Topliss-reactive ketones (excluding diaryl/α,β-unsaturated/α-hetero) is 1. The monoisotopic (exact) mass is 401 g/mol. The summed E-state index contributed by atoms with van der Waals surface area (Å²) >= 11 is 1.59. The number of nitrogens with one attached hydrogen (secondary N) is 1. The van der Waals surface area contributed by atoms with Crippen LogP contribution in [0.3, 0.4) is 0 Å². The lowest BCUT2D eigenvalue weighted by atomic mass is 10.1. The molecule has 3 aromatic carbocycles. The van der Waals surface area contributed by atoms with Crippen LogP contribution in [0.4, 0.5) is 5.69 Å². The molecule has 0 aliphatic rings. The van der Waals surface area contributed by atoms with Crippen LogP contribution in [-0.2, 0) is 4.79 Å². The SMILES string of the molecule is CC(=O)c1cccc(OC(=O)[C@@H](Nc2ccccc2)c2csc3ccccc23)c1. The molecule has 144 valence electrons. The maximum Gasteiger partial charge on any atom is 0.338 e. The summed E-state index contributed by atoms with van der Waals surface area (Å²) in [5, 5.41) is 6.30. The number of ether oxygens (including phenoxy) is 1. The van der Waals surface area contributed by atoms with Gasteiger partial charge in [-0.1, -0.05) is 48.5 Å². The number of ketones is 1. The van der Waals surface area contributed by atoms with Crippen LogP contribution < -0.4 is 10.1 Å². The van der Waals surface area contributed by atoms with Crippen LogP contribution in [-0.4, -0.2) is 11.8 Å². The summed E-state index contributed by atoms with van der Waals surface area (Å²) in [7, 11) is 0. The van der Waals surface area contributed by atoms with E-state index in [0.717, 1.165) is 21.3 Å². The molecule has 5 heteroatoms. The highest BCUT2D eigenvalue weighted by Gasteiger charge is 2.26. The van der Waals surface area contributed by atoms with Crippen LogP contribution in [0.1, 0.15) is 28.9 Å². The number of fused-ring (bicyclic) bond motifs is 1. The third-order valence-electron chi connectivity index (χ3n) is 4.60. The predicted octanol–water partition coefficient (Wildman–Crippen LogP) is 5.86. The maximum absolute atomic E-state index is 13.2. The standard InChI is InChI=1S/C24H19NO3S/c1-16(26)17-8-7-11-19(14-17)28-24(27)23(25-18-9-3-2-4-10-18)21-15-29-22-13-6-5-12-20(21)22/h2-15,23,25H,1H3/t23-/m0/s1. The van der Waals surface area contributed by atoms with Crippen molar-refractivity contribution < 1.29 is 14.3 Å². The molecule has 29 heavy (non-hydrogen) atoms. The largest absolute Gasteiger partial charge is 0.425 e. The Labute approximate surface area is 172 Å². The van der Waals surface area contributed by atoms with Gasteiger partial charge < -0.3 is 10.1 Å². The Morgan fingerprint density at radius 2 is 1.69 bits per heavy atom. The molecule has 4 rings (SSSR count). The van der Waals surface area contributed by atoms with Crippen molar-refractivity contribution in [2.24, 2.45) is 0 Å². The van der Waals surface area contributed by atoms with E-state index >= 15 is 0 Å². The molecular weight excluding hydrogens is 382 g/mol. The summed E-state index contributed by atoms with van der Waals surface area (Å²) in [6.07, 6.45) is 0. The summed E-state index contributed by atoms with van der Waals surface area (Å²) in [6.45, 7) is 1.48. The molecule has 0 unspecified atom stereocenters. The van der Waals surface area contributed by atoms with Gasteiger partial charge in [0.05, 0.1) is 0 Å². The van der Waals surface area contributed by atoms with Crippen LogP contribution in [0.5, 0.6) is 5.75 Å². The highest BCUT2D eigenvalue weighted by atomic mass is 32.1. The minimum atomic E-state index is -0.686. The van der Waals surface area contributed by atoms with Crippen molar-refractivity contribution in [3.8, 4) is 5.75 Å². The number of hydrogen-bond donors (Lipinski definition) is 1. The highest BCUT2D eigenvalue weighted by Crippen LogP contribution is 2.33. The van der Waals surface area contributed by atoms with E-state index in [4.69, 9.17) is 4.74 Å². The van der Waals surface area contributed by atoms with E-state index in [1.165, 1.54) is 6.92 Å². The molecule has 1 heterocycles. The van der Waals surface area contributed by atoms with Crippen molar-refractivity contribution in [3.63, 3.8) is 0 Å². The summed E-state index contributed by atoms with van der Waals surface area (Å²) < 4.78 is 6.77. The number of carbonyl (C=O) groups is 2. The molecule has 1 N–H and O–H groups in total. The molecule has 0 fully saturated rings. The Morgan fingerprint density at radius 1 is 0.931 bits per heavy atom. The molecule has 0 radical (unpaired) electrons. The zero-order chi connectivity index (χ0) is 20.2. The lowest BCUT2D eigenvalue weighted by molar-refractivity contribution is -0.135. The number of thiophene rings is 1. The van der Waals surface area contributed by atoms with E-state index in [1.807, 2.05) is 60.0 Å². The summed E-state index contributed by atoms with van der Waals surface area (Å²) in [5.74, 6) is -0.161. The van der Waals surface area contributed by atoms with Crippen LogP contribution in [0.15, 0.2) is 84.2 Å². The topological polar surface area (TPSA) is 55.4 Å². The quantitative estimate of drug-likeness (QED) is 0.250. The second-order valence-corrected chi connectivity index (χ2v) is 7.55. The molecule has 4 nitrogen and oxygen atoms in total. The molecular formula is C24H19NO3S. The van der Waals surface area contributed by atoms with Crippen molar-refractivity contribution in [1.29, 1.82) is 0 Å². The molecule has 0 saturated heterocycles. The number of esters is 1. The molecule has 0 aliphatic carbocycles. The first-order valence-corrected chi connectivity index (χ1v) is 10.1. The van der Waals surface area contributed by atoms with Crippen molar-refractivity contribution in [3.05, 3.63) is 95.4 Å². The summed E-state index contributed by atoms with van der Waals surface area (Å²) in [6, 6.07) is 23.5. The van der Waals surface area contributed by atoms with Gasteiger partial charge in [0.2, 0.25) is 0 Å². The van der Waals surface area contributed by atoms with Crippen molar-refractivity contribution >= 4 is 38.9 Å². The Kier molecular flexibility index (Phi) is 5.40. The van der Waals surface area contributed by atoms with Crippen LogP contribution in [0.2, 0.25) is 0 Å². The van der Waals surface area contributed by atoms with Gasteiger partial charge in [-0.05, 0) is 48.0 Å². The second-order valence-electron chi connectivity index (χ2n) is 6.64. The second kappa shape index (κ2) is 8.29. The fraction of sp³-hybridized carbons (Fsp3) is 0.0833. The first-order valence-electron chi connectivity index (χ1n) is 9.22. The van der Waals surface area contributed by atoms with Crippen molar-refractivity contribution in [1.82, 2.24) is 0 Å². The van der Waals surface area contributed by atoms with E-state index in [2.05, 4.69) is 5.32 Å². The lowest BCUT2D eigenvalue weighted by Gasteiger charge is -2.19. The molecule has 0 spiro atoms. The number of anilines is 1. The third kappa shape index (κ3) is 4.20. The van der Waals surface area contributed by atoms with Crippen LogP contribution in [0.25, 0.3) is 10.1 Å². The third-order valence-corrected chi connectivity index (χ3v) is 5.58. The summed E-state index contributed by atoms with van der Waals surface area (Å²) in [5.41, 5.74) is 2.19. The molecule has 0 saturated carbocycles. The average molecular weight is 401 g/mol. The minimum absolute atomic E-state index is 0.0781. The molecule has 4 aromatic rings. The number of rotatable bonds is 6. The Hall–Kier alpha value is -3.44. The van der Waals surface area contributed by atoms with E-state index in [9.17, 15) is 9.59 Å².